The molecule has 0 amide bonds. The second-order valence-corrected chi connectivity index (χ2v) is 5.48. The van der Waals surface area contributed by atoms with Crippen molar-refractivity contribution >= 4 is 5.57 Å². The van der Waals surface area contributed by atoms with Gasteiger partial charge in [-0.2, -0.15) is 0 Å². The van der Waals surface area contributed by atoms with Crippen molar-refractivity contribution < 1.29 is 0 Å². The van der Waals surface area contributed by atoms with Crippen LogP contribution < -0.4 is 0 Å². The summed E-state index contributed by atoms with van der Waals surface area (Å²) in [6.45, 7) is 7.02. The van der Waals surface area contributed by atoms with E-state index >= 15 is 0 Å². The van der Waals surface area contributed by atoms with Crippen molar-refractivity contribution in [2.24, 2.45) is 0 Å². The third-order valence-corrected chi connectivity index (χ3v) is 4.08. The molecule has 0 unspecified atom stereocenters. The predicted molar refractivity (Wildman–Crippen MR) is 69.4 cm³/mol. The Morgan fingerprint density at radius 1 is 1.12 bits per heavy atom. The molecule has 0 N–H and O–H groups in total. The van der Waals surface area contributed by atoms with E-state index in [-0.39, 0.29) is 5.41 Å². The minimum Gasteiger partial charge on any atom is -0.0760 e. The number of rotatable bonds is 0. The fourth-order valence-corrected chi connectivity index (χ4v) is 3.40. The lowest BCUT2D eigenvalue weighted by atomic mass is 9.78. The molecule has 0 aromatic heterocycles. The van der Waals surface area contributed by atoms with E-state index < -0.39 is 0 Å². The Kier molecular flexibility index (Phi) is 1.92. The van der Waals surface area contributed by atoms with Crippen LogP contribution in [-0.2, 0) is 5.41 Å². The number of allylic oxidation sites excluding steroid dienone is 4. The van der Waals surface area contributed by atoms with E-state index in [0.717, 1.165) is 0 Å². The molecular weight excluding hydrogens is 192 g/mol. The molecule has 2 aliphatic rings. The van der Waals surface area contributed by atoms with Gasteiger partial charge >= 0.3 is 0 Å². The van der Waals surface area contributed by atoms with Crippen molar-refractivity contribution in [2.75, 3.05) is 0 Å². The standard InChI is InChI=1S/C16H18/c1-11-7-6-9-13-12-8-4-5-10-14(12)16(2,3)15(11)13/h4-5,8-10H,6-7H2,1-3H3. The van der Waals surface area contributed by atoms with Crippen LogP contribution in [0.2, 0.25) is 0 Å². The summed E-state index contributed by atoms with van der Waals surface area (Å²) in [4.78, 5) is 0. The lowest BCUT2D eigenvalue weighted by Gasteiger charge is -2.26. The van der Waals surface area contributed by atoms with Gasteiger partial charge in [-0.05, 0) is 42.0 Å². The Hall–Kier alpha value is -1.30. The van der Waals surface area contributed by atoms with Crippen LogP contribution in [0.25, 0.3) is 5.57 Å². The quantitative estimate of drug-likeness (QED) is 0.592. The highest BCUT2D eigenvalue weighted by molar-refractivity contribution is 5.90. The first-order chi connectivity index (χ1) is 7.62. The highest BCUT2D eigenvalue weighted by Crippen LogP contribution is 2.52. The molecule has 0 nitrogen and oxygen atoms in total. The van der Waals surface area contributed by atoms with Gasteiger partial charge in [0.25, 0.3) is 0 Å². The van der Waals surface area contributed by atoms with Gasteiger partial charge in [0.1, 0.15) is 0 Å². The maximum atomic E-state index is 2.43. The van der Waals surface area contributed by atoms with Gasteiger partial charge in [-0.15, -0.1) is 0 Å². The van der Waals surface area contributed by atoms with Gasteiger partial charge in [0.05, 0.1) is 0 Å². The van der Waals surface area contributed by atoms with Gasteiger partial charge in [0.2, 0.25) is 0 Å². The molecule has 82 valence electrons. The van der Waals surface area contributed by atoms with Crippen LogP contribution in [0.1, 0.15) is 44.7 Å². The van der Waals surface area contributed by atoms with Crippen LogP contribution in [0.5, 0.6) is 0 Å². The Labute approximate surface area is 97.7 Å². The molecule has 0 heteroatoms. The molecule has 0 heterocycles. The van der Waals surface area contributed by atoms with E-state index in [9.17, 15) is 0 Å². The Balaban J connectivity index is 2.35. The summed E-state index contributed by atoms with van der Waals surface area (Å²) in [5.41, 5.74) is 7.83. The average Bonchev–Trinajstić information content (AvgIpc) is 2.50. The number of hydrogen-bond acceptors (Lipinski definition) is 0. The summed E-state index contributed by atoms with van der Waals surface area (Å²) in [6.07, 6.45) is 4.86. The largest absolute Gasteiger partial charge is 0.0760 e. The highest BCUT2D eigenvalue weighted by Gasteiger charge is 2.39. The Bertz CT molecular complexity index is 513. The predicted octanol–water partition coefficient (Wildman–Crippen LogP) is 4.47. The summed E-state index contributed by atoms with van der Waals surface area (Å²) in [7, 11) is 0. The van der Waals surface area contributed by atoms with E-state index in [0.29, 0.717) is 0 Å². The fraction of sp³-hybridized carbons (Fsp3) is 0.375. The molecule has 0 fully saturated rings. The molecule has 0 saturated carbocycles. The first kappa shape index (κ1) is 9.89. The summed E-state index contributed by atoms with van der Waals surface area (Å²) in [5, 5.41) is 0. The molecule has 0 atom stereocenters. The lowest BCUT2D eigenvalue weighted by molar-refractivity contribution is 0.646. The van der Waals surface area contributed by atoms with Crippen LogP contribution in [-0.4, -0.2) is 0 Å². The zero-order chi connectivity index (χ0) is 11.3. The molecule has 0 spiro atoms. The monoisotopic (exact) mass is 210 g/mol. The molecule has 0 radical (unpaired) electrons. The van der Waals surface area contributed by atoms with Crippen molar-refractivity contribution in [1.82, 2.24) is 0 Å². The minimum atomic E-state index is 0.201. The van der Waals surface area contributed by atoms with Gasteiger partial charge in [0.15, 0.2) is 0 Å². The molecule has 3 rings (SSSR count). The Morgan fingerprint density at radius 2 is 1.88 bits per heavy atom. The van der Waals surface area contributed by atoms with E-state index in [4.69, 9.17) is 0 Å². The molecule has 16 heavy (non-hydrogen) atoms. The normalized spacial score (nSPS) is 21.6. The van der Waals surface area contributed by atoms with Crippen molar-refractivity contribution in [2.45, 2.75) is 39.0 Å². The van der Waals surface area contributed by atoms with E-state index in [1.165, 1.54) is 29.5 Å². The Morgan fingerprint density at radius 3 is 2.69 bits per heavy atom. The summed E-state index contributed by atoms with van der Waals surface area (Å²) in [6, 6.07) is 8.88. The summed E-state index contributed by atoms with van der Waals surface area (Å²) < 4.78 is 0. The van der Waals surface area contributed by atoms with Crippen LogP contribution in [0.15, 0.2) is 41.5 Å². The summed E-state index contributed by atoms with van der Waals surface area (Å²) >= 11 is 0. The molecular formula is C16H18. The number of benzene rings is 1. The minimum absolute atomic E-state index is 0.201. The van der Waals surface area contributed by atoms with Gasteiger partial charge in [-0.25, -0.2) is 0 Å². The second kappa shape index (κ2) is 3.10. The maximum absolute atomic E-state index is 2.43. The first-order valence-corrected chi connectivity index (χ1v) is 6.13. The third-order valence-electron chi connectivity index (χ3n) is 4.08. The smallest absolute Gasteiger partial charge is 0.0158 e. The summed E-state index contributed by atoms with van der Waals surface area (Å²) in [5.74, 6) is 0. The zero-order valence-corrected chi connectivity index (χ0v) is 10.3. The van der Waals surface area contributed by atoms with Crippen LogP contribution in [0.4, 0.5) is 0 Å². The molecule has 2 aliphatic carbocycles. The van der Waals surface area contributed by atoms with E-state index in [2.05, 4.69) is 51.1 Å². The molecule has 1 aromatic carbocycles. The van der Waals surface area contributed by atoms with Gasteiger partial charge in [-0.3, -0.25) is 0 Å². The van der Waals surface area contributed by atoms with Crippen molar-refractivity contribution in [3.63, 3.8) is 0 Å². The van der Waals surface area contributed by atoms with Crippen molar-refractivity contribution in [3.8, 4) is 0 Å². The second-order valence-electron chi connectivity index (χ2n) is 5.48. The average molecular weight is 210 g/mol. The van der Waals surface area contributed by atoms with Crippen LogP contribution in [0, 0.1) is 0 Å². The molecule has 0 aliphatic heterocycles. The zero-order valence-electron chi connectivity index (χ0n) is 10.3. The van der Waals surface area contributed by atoms with Crippen molar-refractivity contribution in [1.29, 1.82) is 0 Å². The molecule has 0 saturated heterocycles. The van der Waals surface area contributed by atoms with E-state index in [1.54, 1.807) is 11.1 Å². The lowest BCUT2D eigenvalue weighted by Crippen LogP contribution is -2.17. The number of fused-ring (bicyclic) bond motifs is 3. The highest BCUT2D eigenvalue weighted by atomic mass is 14.4. The SMILES string of the molecule is CC1=C2C(=CCC1)c1ccccc1C2(C)C. The number of hydrogen-bond donors (Lipinski definition) is 0. The fourth-order valence-electron chi connectivity index (χ4n) is 3.40. The van der Waals surface area contributed by atoms with E-state index in [1.807, 2.05) is 0 Å². The third kappa shape index (κ3) is 1.10. The van der Waals surface area contributed by atoms with Crippen LogP contribution >= 0.6 is 0 Å². The maximum Gasteiger partial charge on any atom is 0.0158 e. The molecule has 1 aromatic rings. The van der Waals surface area contributed by atoms with Gasteiger partial charge in [-0.1, -0.05) is 49.8 Å². The van der Waals surface area contributed by atoms with Crippen LogP contribution in [0.3, 0.4) is 0 Å². The van der Waals surface area contributed by atoms with Gasteiger partial charge < -0.3 is 0 Å². The van der Waals surface area contributed by atoms with Gasteiger partial charge in [0, 0.05) is 5.41 Å². The first-order valence-electron chi connectivity index (χ1n) is 6.13. The topological polar surface area (TPSA) is 0 Å². The van der Waals surface area contributed by atoms with Crippen molar-refractivity contribution in [3.05, 3.63) is 52.6 Å². The molecule has 0 bridgehead atoms.